The van der Waals surface area contributed by atoms with Gasteiger partial charge >= 0.3 is 12.1 Å². The molecule has 11 nitrogen and oxygen atoms in total. The van der Waals surface area contributed by atoms with Gasteiger partial charge in [0.2, 0.25) is 5.91 Å². The fourth-order valence-corrected chi connectivity index (χ4v) is 8.75. The number of ether oxygens (including phenoxy) is 1. The van der Waals surface area contributed by atoms with Crippen molar-refractivity contribution >= 4 is 41.2 Å². The van der Waals surface area contributed by atoms with Crippen molar-refractivity contribution in [2.45, 2.75) is 63.3 Å². The molecule has 0 radical (unpaired) electrons. The monoisotopic (exact) mass is 571 g/mol. The number of thiophene rings is 1. The summed E-state index contributed by atoms with van der Waals surface area (Å²) in [4.78, 5) is 55.2. The van der Waals surface area contributed by atoms with E-state index < -0.39 is 24.0 Å². The molecule has 3 amide bonds. The van der Waals surface area contributed by atoms with Crippen LogP contribution < -0.4 is 21.3 Å². The maximum absolute atomic E-state index is 12.7. The number of carboxylic acid groups (broad SMARTS) is 1. The fraction of sp³-hybridized carbons (Fsp3) is 0.679. The van der Waals surface area contributed by atoms with Gasteiger partial charge in [0, 0.05) is 41.8 Å². The summed E-state index contributed by atoms with van der Waals surface area (Å²) in [7, 11) is 0. The number of carbonyl (C=O) groups excluding carboxylic acids is 3. The highest BCUT2D eigenvalue weighted by molar-refractivity contribution is 7.14. The molecule has 5 N–H and O–H groups in total. The number of hydrogen-bond acceptors (Lipinski definition) is 8. The Hall–Kier alpha value is -3.15. The molecule has 0 aromatic carbocycles. The van der Waals surface area contributed by atoms with E-state index in [0.29, 0.717) is 30.4 Å². The van der Waals surface area contributed by atoms with Crippen molar-refractivity contribution in [3.63, 3.8) is 0 Å². The molecule has 7 rings (SSSR count). The van der Waals surface area contributed by atoms with Crippen LogP contribution in [0.4, 0.5) is 4.79 Å². The molecule has 5 fully saturated rings. The Morgan fingerprint density at radius 3 is 2.48 bits per heavy atom. The Morgan fingerprint density at radius 2 is 1.82 bits per heavy atom. The third-order valence-electron chi connectivity index (χ3n) is 9.21. The fourth-order valence-electron chi connectivity index (χ4n) is 7.65. The van der Waals surface area contributed by atoms with Gasteiger partial charge in [-0.1, -0.05) is 0 Å². The van der Waals surface area contributed by atoms with E-state index in [1.54, 1.807) is 6.07 Å². The molecule has 1 aromatic heterocycles. The van der Waals surface area contributed by atoms with Crippen LogP contribution in [0.15, 0.2) is 17.1 Å². The zero-order valence-corrected chi connectivity index (χ0v) is 23.3. The molecule has 1 aliphatic heterocycles. The summed E-state index contributed by atoms with van der Waals surface area (Å²) in [6.45, 7) is 1.54. The first-order valence-electron chi connectivity index (χ1n) is 14.4. The number of carboxylic acids is 1. The first kappa shape index (κ1) is 27.0. The van der Waals surface area contributed by atoms with Gasteiger partial charge in [-0.3, -0.25) is 19.9 Å². The van der Waals surface area contributed by atoms with Gasteiger partial charge in [0.1, 0.15) is 6.04 Å². The first-order valence-corrected chi connectivity index (χ1v) is 15.2. The molecular weight excluding hydrogens is 534 g/mol. The summed E-state index contributed by atoms with van der Waals surface area (Å²) in [6, 6.07) is 2.21. The highest BCUT2D eigenvalue weighted by atomic mass is 32.1. The molecular formula is C28H37N5O6S. The largest absolute Gasteiger partial charge is 0.480 e. The third-order valence-corrected chi connectivity index (χ3v) is 10.4. The van der Waals surface area contributed by atoms with Gasteiger partial charge < -0.3 is 25.8 Å². The lowest BCUT2D eigenvalue weighted by molar-refractivity contribution is -0.139. The van der Waals surface area contributed by atoms with Crippen LogP contribution in [0.25, 0.3) is 0 Å². The van der Waals surface area contributed by atoms with E-state index in [2.05, 4.69) is 26.3 Å². The van der Waals surface area contributed by atoms with E-state index in [0.717, 1.165) is 54.9 Å². The lowest BCUT2D eigenvalue weighted by Crippen LogP contribution is -2.51. The van der Waals surface area contributed by atoms with Crippen LogP contribution in [0.5, 0.6) is 0 Å². The van der Waals surface area contributed by atoms with Crippen LogP contribution in [0.2, 0.25) is 0 Å². The average molecular weight is 572 g/mol. The van der Waals surface area contributed by atoms with Crippen LogP contribution >= 0.6 is 11.3 Å². The van der Waals surface area contributed by atoms with Crippen molar-refractivity contribution in [3.05, 3.63) is 21.9 Å². The minimum atomic E-state index is -1.31. The number of nitrogens with one attached hydrogen (secondary N) is 4. The van der Waals surface area contributed by atoms with Crippen molar-refractivity contribution in [1.82, 2.24) is 21.3 Å². The first-order chi connectivity index (χ1) is 19.3. The highest BCUT2D eigenvalue weighted by Gasteiger charge is 2.51. The molecule has 0 saturated heterocycles. The number of carbonyl (C=O) groups is 4. The molecule has 6 aliphatic rings. The van der Waals surface area contributed by atoms with Crippen molar-refractivity contribution < 1.29 is 29.0 Å². The lowest BCUT2D eigenvalue weighted by atomic mass is 9.50. The molecule has 1 aromatic rings. The molecule has 2 unspecified atom stereocenters. The maximum Gasteiger partial charge on any atom is 0.407 e. The predicted octanol–water partition coefficient (Wildman–Crippen LogP) is 2.44. The summed E-state index contributed by atoms with van der Waals surface area (Å²) in [5.74, 6) is 0.850. The van der Waals surface area contributed by atoms with Crippen LogP contribution in [-0.4, -0.2) is 67.2 Å². The summed E-state index contributed by atoms with van der Waals surface area (Å²) in [5, 5.41) is 20.6. The van der Waals surface area contributed by atoms with Crippen LogP contribution in [-0.2, 0) is 14.3 Å². The van der Waals surface area contributed by atoms with Crippen molar-refractivity contribution in [3.8, 4) is 0 Å². The summed E-state index contributed by atoms with van der Waals surface area (Å²) < 4.78 is 5.54. The quantitative estimate of drug-likeness (QED) is 0.305. The number of rotatable bonds is 9. The van der Waals surface area contributed by atoms with Crippen molar-refractivity contribution in [1.29, 1.82) is 0 Å². The van der Waals surface area contributed by atoms with E-state index in [1.165, 1.54) is 30.6 Å². The number of nitrogens with zero attached hydrogens (tertiary/aromatic N) is 1. The van der Waals surface area contributed by atoms with Gasteiger partial charge in [-0.2, -0.15) is 0 Å². The summed E-state index contributed by atoms with van der Waals surface area (Å²) >= 11 is 1.29. The maximum atomic E-state index is 12.7. The molecule has 12 heteroatoms. The van der Waals surface area contributed by atoms with Gasteiger partial charge in [-0.15, -0.1) is 11.3 Å². The number of amides is 3. The number of alkyl carbamates (subject to hydrolysis) is 1. The average Bonchev–Trinajstić information content (AvgIpc) is 3.57. The highest BCUT2D eigenvalue weighted by Crippen LogP contribution is 2.60. The molecule has 5 aliphatic carbocycles. The Labute approximate surface area is 236 Å². The van der Waals surface area contributed by atoms with Crippen LogP contribution in [0, 0.1) is 29.1 Å². The van der Waals surface area contributed by atoms with E-state index in [4.69, 9.17) is 4.74 Å². The minimum Gasteiger partial charge on any atom is -0.480 e. The smallest absolute Gasteiger partial charge is 0.407 e. The predicted molar refractivity (Wildman–Crippen MR) is 147 cm³/mol. The Bertz CT molecular complexity index is 1180. The Kier molecular flexibility index (Phi) is 7.45. The molecule has 5 saturated carbocycles. The second-order valence-corrected chi connectivity index (χ2v) is 13.5. The van der Waals surface area contributed by atoms with E-state index in [-0.39, 0.29) is 29.7 Å². The topological polar surface area (TPSA) is 158 Å². The Morgan fingerprint density at radius 1 is 1.10 bits per heavy atom. The normalized spacial score (nSPS) is 32.3. The second kappa shape index (κ2) is 11.0. The molecule has 3 atom stereocenters. The number of hydrogen-bond donors (Lipinski definition) is 5. The van der Waals surface area contributed by atoms with Gasteiger partial charge in [-0.25, -0.2) is 9.59 Å². The molecule has 0 spiro atoms. The van der Waals surface area contributed by atoms with Crippen LogP contribution in [0.1, 0.15) is 71.8 Å². The molecule has 216 valence electrons. The minimum absolute atomic E-state index is 0.0398. The number of guanidine groups is 1. The zero-order valence-electron chi connectivity index (χ0n) is 22.4. The van der Waals surface area contributed by atoms with Gasteiger partial charge in [0.15, 0.2) is 5.96 Å². The Balaban J connectivity index is 0.956. The van der Waals surface area contributed by atoms with Gasteiger partial charge in [0.05, 0.1) is 11.5 Å². The number of aliphatic carboxylic acids is 1. The van der Waals surface area contributed by atoms with E-state index in [9.17, 15) is 24.3 Å². The number of aliphatic imine (C=N–C) groups is 1. The molecule has 2 heterocycles. The molecule has 40 heavy (non-hydrogen) atoms. The zero-order chi connectivity index (χ0) is 27.9. The van der Waals surface area contributed by atoms with E-state index >= 15 is 0 Å². The lowest BCUT2D eigenvalue weighted by Gasteiger charge is -2.56. The SMILES string of the molecule is O=C(N[C@@H](CNC(=O)c1ccc(C2CC2C(=O)NC2=NCCCN2)s1)C(=O)O)OCC12CC3CC(CC(C3)C1)C2. The van der Waals surface area contributed by atoms with Crippen molar-refractivity contribution in [2.24, 2.45) is 34.1 Å². The van der Waals surface area contributed by atoms with Gasteiger partial charge in [-0.05, 0) is 81.3 Å². The van der Waals surface area contributed by atoms with Crippen LogP contribution in [0.3, 0.4) is 0 Å². The van der Waals surface area contributed by atoms with E-state index in [1.807, 2.05) is 6.07 Å². The second-order valence-electron chi connectivity index (χ2n) is 12.4. The summed E-state index contributed by atoms with van der Waals surface area (Å²) in [6.07, 6.45) is 8.04. The van der Waals surface area contributed by atoms with Gasteiger partial charge in [0.25, 0.3) is 5.91 Å². The third kappa shape index (κ3) is 5.96. The van der Waals surface area contributed by atoms with Crippen molar-refractivity contribution in [2.75, 3.05) is 26.2 Å². The molecule has 4 bridgehead atoms. The summed E-state index contributed by atoms with van der Waals surface area (Å²) in [5.41, 5.74) is 0.0398. The standard InChI is InChI=1S/C28H37N5O6S/c34-23(33-26-29-4-1-5-30-26)19-9-18(19)21-2-3-22(40-21)24(35)31-13-20(25(36)37)32-27(38)39-14-28-10-15-6-16(11-28)8-17(7-15)12-28/h2-3,15-20H,1,4-14H2,(H,31,35)(H,32,38)(H,36,37)(H2,29,30,33,34)/t15?,16?,17?,18?,19?,20-,28?/m0/s1.